The van der Waals surface area contributed by atoms with Crippen molar-refractivity contribution in [2.24, 2.45) is 0 Å². The molecule has 0 aromatic heterocycles. The highest BCUT2D eigenvalue weighted by Crippen LogP contribution is 2.15. The average Bonchev–Trinajstić information content (AvgIpc) is 2.65. The zero-order valence-electron chi connectivity index (χ0n) is 17.1. The molecule has 0 spiro atoms. The van der Waals surface area contributed by atoms with Gasteiger partial charge >= 0.3 is 0 Å². The molecule has 0 atom stereocenters. The number of hydrogen-bond donors (Lipinski definition) is 1. The third-order valence-corrected chi connectivity index (χ3v) is 5.25. The van der Waals surface area contributed by atoms with E-state index in [4.69, 9.17) is 0 Å². The van der Waals surface area contributed by atoms with Gasteiger partial charge in [0.15, 0.2) is 0 Å². The summed E-state index contributed by atoms with van der Waals surface area (Å²) in [4.78, 5) is 0. The van der Waals surface area contributed by atoms with Gasteiger partial charge in [-0.3, -0.25) is 0 Å². The zero-order valence-corrected chi connectivity index (χ0v) is 17.1. The third kappa shape index (κ3) is 13.1. The first-order valence-electron chi connectivity index (χ1n) is 11.1. The summed E-state index contributed by atoms with van der Waals surface area (Å²) in [5, 5.41) is 3.84. The lowest BCUT2D eigenvalue weighted by Gasteiger charge is -2.19. The molecule has 0 fully saturated rings. The van der Waals surface area contributed by atoms with E-state index in [1.165, 1.54) is 95.5 Å². The van der Waals surface area contributed by atoms with Crippen molar-refractivity contribution >= 4 is 0 Å². The highest BCUT2D eigenvalue weighted by molar-refractivity contribution is 5.14. The first-order chi connectivity index (χ1) is 12.4. The van der Waals surface area contributed by atoms with Crippen molar-refractivity contribution in [1.82, 2.24) is 5.32 Å². The number of nitrogens with one attached hydrogen (secondary N) is 1. The number of unbranched alkanes of at least 4 members (excludes halogenated alkanes) is 10. The maximum Gasteiger partial charge on any atom is 0.0208 e. The van der Waals surface area contributed by atoms with Crippen molar-refractivity contribution < 1.29 is 0 Å². The van der Waals surface area contributed by atoms with Gasteiger partial charge in [0, 0.05) is 12.6 Å². The van der Waals surface area contributed by atoms with E-state index in [2.05, 4.69) is 49.5 Å². The van der Waals surface area contributed by atoms with Gasteiger partial charge in [-0.15, -0.1) is 0 Å². The molecule has 1 N–H and O–H groups in total. The van der Waals surface area contributed by atoms with Crippen LogP contribution in [0, 0.1) is 0 Å². The highest BCUT2D eigenvalue weighted by atomic mass is 14.9. The quantitative estimate of drug-likeness (QED) is 0.286. The van der Waals surface area contributed by atoms with E-state index in [0.717, 1.165) is 6.54 Å². The van der Waals surface area contributed by atoms with E-state index in [-0.39, 0.29) is 0 Å². The Balaban J connectivity index is 2.22. The molecule has 1 aromatic carbocycles. The zero-order chi connectivity index (χ0) is 18.0. The van der Waals surface area contributed by atoms with Gasteiger partial charge in [0.1, 0.15) is 0 Å². The van der Waals surface area contributed by atoms with Gasteiger partial charge in [-0.05, 0) is 18.4 Å². The van der Waals surface area contributed by atoms with Crippen LogP contribution in [0.25, 0.3) is 0 Å². The monoisotopic (exact) mass is 345 g/mol. The second-order valence-electron chi connectivity index (χ2n) is 7.68. The Kier molecular flexibility index (Phi) is 14.8. The topological polar surface area (TPSA) is 12.0 Å². The van der Waals surface area contributed by atoms with Crippen LogP contribution in [0.2, 0.25) is 0 Å². The van der Waals surface area contributed by atoms with E-state index in [0.29, 0.717) is 6.04 Å². The molecule has 0 heterocycles. The van der Waals surface area contributed by atoms with E-state index in [1.54, 1.807) is 0 Å². The maximum absolute atomic E-state index is 3.84. The normalized spacial score (nSPS) is 11.3. The van der Waals surface area contributed by atoms with Crippen molar-refractivity contribution in [3.8, 4) is 0 Å². The first kappa shape index (κ1) is 22.2. The smallest absolute Gasteiger partial charge is 0.0208 e. The summed E-state index contributed by atoms with van der Waals surface area (Å²) in [6.07, 6.45) is 19.6. The molecule has 0 radical (unpaired) electrons. The van der Waals surface area contributed by atoms with Gasteiger partial charge < -0.3 is 5.32 Å². The van der Waals surface area contributed by atoms with E-state index < -0.39 is 0 Å². The van der Waals surface area contributed by atoms with Crippen molar-refractivity contribution in [2.75, 3.05) is 0 Å². The van der Waals surface area contributed by atoms with Gasteiger partial charge in [-0.2, -0.15) is 0 Å². The molecule has 1 nitrogen and oxygen atoms in total. The number of hydrogen-bond acceptors (Lipinski definition) is 1. The van der Waals surface area contributed by atoms with Gasteiger partial charge in [-0.1, -0.05) is 121 Å². The Hall–Kier alpha value is -0.820. The highest BCUT2D eigenvalue weighted by Gasteiger charge is 2.08. The van der Waals surface area contributed by atoms with E-state index in [1.807, 2.05) is 0 Å². The minimum absolute atomic E-state index is 0.706. The Morgan fingerprint density at radius 2 is 1.12 bits per heavy atom. The van der Waals surface area contributed by atoms with Crippen LogP contribution in [-0.2, 0) is 6.54 Å². The predicted octanol–water partition coefficient (Wildman–Crippen LogP) is 7.65. The fraction of sp³-hybridized carbons (Fsp3) is 0.750. The molecule has 25 heavy (non-hydrogen) atoms. The summed E-state index contributed by atoms with van der Waals surface area (Å²) in [5.41, 5.74) is 1.42. The van der Waals surface area contributed by atoms with Crippen LogP contribution in [0.3, 0.4) is 0 Å². The largest absolute Gasteiger partial charge is 0.310 e. The lowest BCUT2D eigenvalue weighted by molar-refractivity contribution is 0.410. The maximum atomic E-state index is 3.84. The average molecular weight is 346 g/mol. The van der Waals surface area contributed by atoms with Crippen molar-refractivity contribution in [2.45, 2.75) is 116 Å². The van der Waals surface area contributed by atoms with Crippen molar-refractivity contribution in [3.63, 3.8) is 0 Å². The second kappa shape index (κ2) is 16.6. The Morgan fingerprint density at radius 1 is 0.640 bits per heavy atom. The molecule has 0 aliphatic carbocycles. The molecule has 0 bridgehead atoms. The van der Waals surface area contributed by atoms with Crippen LogP contribution < -0.4 is 5.32 Å². The van der Waals surface area contributed by atoms with E-state index in [9.17, 15) is 0 Å². The molecule has 0 saturated heterocycles. The fourth-order valence-electron chi connectivity index (χ4n) is 3.55. The van der Waals surface area contributed by atoms with Crippen LogP contribution in [0.5, 0.6) is 0 Å². The number of rotatable bonds is 17. The van der Waals surface area contributed by atoms with Crippen LogP contribution in [0.15, 0.2) is 30.3 Å². The summed E-state index contributed by atoms with van der Waals surface area (Å²) < 4.78 is 0. The predicted molar refractivity (Wildman–Crippen MR) is 113 cm³/mol. The summed E-state index contributed by atoms with van der Waals surface area (Å²) in [6.45, 7) is 5.62. The molecule has 0 amide bonds. The lowest BCUT2D eigenvalue weighted by atomic mass is 9.99. The van der Waals surface area contributed by atoms with Crippen LogP contribution in [0.1, 0.15) is 109 Å². The van der Waals surface area contributed by atoms with Gasteiger partial charge in [0.05, 0.1) is 0 Å². The molecule has 0 aliphatic rings. The molecule has 1 rings (SSSR count). The SMILES string of the molecule is CCCCCCCCC(CCCCCCCC)NCc1ccccc1. The summed E-state index contributed by atoms with van der Waals surface area (Å²) in [6, 6.07) is 11.6. The minimum Gasteiger partial charge on any atom is -0.310 e. The molecule has 0 unspecified atom stereocenters. The van der Waals surface area contributed by atoms with Crippen LogP contribution >= 0.6 is 0 Å². The molecular weight excluding hydrogens is 302 g/mol. The number of benzene rings is 1. The third-order valence-electron chi connectivity index (χ3n) is 5.25. The Morgan fingerprint density at radius 3 is 1.64 bits per heavy atom. The van der Waals surface area contributed by atoms with Crippen LogP contribution in [0.4, 0.5) is 0 Å². The van der Waals surface area contributed by atoms with Gasteiger partial charge in [0.2, 0.25) is 0 Å². The van der Waals surface area contributed by atoms with Crippen LogP contribution in [-0.4, -0.2) is 6.04 Å². The fourth-order valence-corrected chi connectivity index (χ4v) is 3.55. The standard InChI is InChI=1S/C24H43N/c1-3-5-7-9-11-16-20-24(21-17-12-10-8-6-4-2)25-22-23-18-14-13-15-19-23/h13-15,18-19,24-25H,3-12,16-17,20-22H2,1-2H3. The van der Waals surface area contributed by atoms with Crippen molar-refractivity contribution in [3.05, 3.63) is 35.9 Å². The summed E-state index contributed by atoms with van der Waals surface area (Å²) >= 11 is 0. The molecule has 144 valence electrons. The summed E-state index contributed by atoms with van der Waals surface area (Å²) in [5.74, 6) is 0. The minimum atomic E-state index is 0.706. The van der Waals surface area contributed by atoms with Gasteiger partial charge in [0.25, 0.3) is 0 Å². The molecular formula is C24H43N. The second-order valence-corrected chi connectivity index (χ2v) is 7.68. The Bertz CT molecular complexity index is 357. The Labute approximate surface area is 158 Å². The van der Waals surface area contributed by atoms with Crippen molar-refractivity contribution in [1.29, 1.82) is 0 Å². The first-order valence-corrected chi connectivity index (χ1v) is 11.1. The lowest BCUT2D eigenvalue weighted by Crippen LogP contribution is -2.28. The van der Waals surface area contributed by atoms with Gasteiger partial charge in [-0.25, -0.2) is 0 Å². The van der Waals surface area contributed by atoms with E-state index >= 15 is 0 Å². The molecule has 0 saturated carbocycles. The molecule has 0 aliphatic heterocycles. The molecule has 1 heteroatoms. The molecule has 1 aromatic rings. The summed E-state index contributed by atoms with van der Waals surface area (Å²) in [7, 11) is 0.